The van der Waals surface area contributed by atoms with Crippen LogP contribution in [0.25, 0.3) is 11.1 Å². The van der Waals surface area contributed by atoms with Gasteiger partial charge in [-0.05, 0) is 41.3 Å². The van der Waals surface area contributed by atoms with Crippen molar-refractivity contribution >= 4 is 29.2 Å². The third-order valence-corrected chi connectivity index (χ3v) is 4.78. The van der Waals surface area contributed by atoms with Crippen LogP contribution in [0.3, 0.4) is 0 Å². The molecule has 0 fully saturated rings. The molecule has 0 heterocycles. The number of nitrogens with zero attached hydrogens (tertiary/aromatic N) is 1. The molecule has 0 aliphatic heterocycles. The van der Waals surface area contributed by atoms with E-state index in [1.54, 1.807) is 0 Å². The molecule has 1 unspecified atom stereocenters. The van der Waals surface area contributed by atoms with Crippen molar-refractivity contribution < 1.29 is 18.0 Å². The average Bonchev–Trinajstić information content (AvgIpc) is 2.73. The molecule has 3 rings (SSSR count). The number of nitrogens with two attached hydrogens (primary N) is 2. The summed E-state index contributed by atoms with van der Waals surface area (Å²) in [5.41, 5.74) is 13.4. The highest BCUT2D eigenvalue weighted by Crippen LogP contribution is 2.34. The van der Waals surface area contributed by atoms with Gasteiger partial charge in [-0.3, -0.25) is 10.1 Å². The monoisotopic (exact) mass is 460 g/mol. The van der Waals surface area contributed by atoms with Gasteiger partial charge in [0.2, 0.25) is 11.9 Å². The summed E-state index contributed by atoms with van der Waals surface area (Å²) in [5.74, 6) is -1.00. The lowest BCUT2D eigenvalue weighted by Gasteiger charge is -2.13. The number of nitrogens with one attached hydrogen (secondary N) is 1. The molecule has 1 amide bonds. The Hall–Kier alpha value is -3.36. The van der Waals surface area contributed by atoms with E-state index in [2.05, 4.69) is 10.3 Å². The van der Waals surface area contributed by atoms with E-state index < -0.39 is 23.7 Å². The Labute approximate surface area is 187 Å². The number of amides is 1. The highest BCUT2D eigenvalue weighted by atomic mass is 35.5. The van der Waals surface area contributed by atoms with Gasteiger partial charge in [0, 0.05) is 5.02 Å². The number of benzene rings is 3. The van der Waals surface area contributed by atoms with Crippen molar-refractivity contribution in [2.24, 2.45) is 16.5 Å². The predicted octanol–water partition coefficient (Wildman–Crippen LogP) is 4.66. The van der Waals surface area contributed by atoms with Gasteiger partial charge in [0.1, 0.15) is 0 Å². The fourth-order valence-electron chi connectivity index (χ4n) is 3.00. The van der Waals surface area contributed by atoms with Crippen LogP contribution in [0.5, 0.6) is 0 Å². The second-order valence-corrected chi connectivity index (χ2v) is 7.49. The molecule has 0 spiro atoms. The lowest BCUT2D eigenvalue weighted by atomic mass is 10.0. The van der Waals surface area contributed by atoms with Crippen LogP contribution < -0.4 is 16.8 Å². The van der Waals surface area contributed by atoms with Gasteiger partial charge >= 0.3 is 6.18 Å². The van der Waals surface area contributed by atoms with Crippen LogP contribution in [-0.2, 0) is 17.4 Å². The van der Waals surface area contributed by atoms with Crippen molar-refractivity contribution in [2.45, 2.75) is 18.6 Å². The normalized spacial score (nSPS) is 13.0. The third-order valence-electron chi connectivity index (χ3n) is 4.56. The Morgan fingerprint density at radius 3 is 2.25 bits per heavy atom. The van der Waals surface area contributed by atoms with Crippen molar-refractivity contribution in [2.75, 3.05) is 0 Å². The zero-order valence-corrected chi connectivity index (χ0v) is 17.5. The number of hydrogen-bond acceptors (Lipinski definition) is 3. The van der Waals surface area contributed by atoms with Crippen LogP contribution in [0.2, 0.25) is 5.02 Å². The Morgan fingerprint density at radius 1 is 1.00 bits per heavy atom. The molecule has 32 heavy (non-hydrogen) atoms. The van der Waals surface area contributed by atoms with Crippen LogP contribution >= 0.6 is 11.6 Å². The number of carbonyl (C=O) groups is 1. The molecule has 3 aromatic rings. The zero-order chi connectivity index (χ0) is 23.3. The highest BCUT2D eigenvalue weighted by Gasteiger charge is 2.31. The molecule has 0 aromatic heterocycles. The second kappa shape index (κ2) is 9.84. The standard InChI is InChI=1S/C23H20ClF3N4O/c24-18-11-17(23(25,26)27)12-19(13-18)30-22(29)31-21(32)20(28)10-14-6-8-16(9-7-14)15-4-2-1-3-5-15/h1-9,11-13,20H,10,28H2,(H3,29,30,31,32). The lowest BCUT2D eigenvalue weighted by molar-refractivity contribution is -0.137. The van der Waals surface area contributed by atoms with Crippen LogP contribution in [0.15, 0.2) is 77.8 Å². The van der Waals surface area contributed by atoms with Crippen LogP contribution in [-0.4, -0.2) is 17.9 Å². The Morgan fingerprint density at radius 2 is 1.62 bits per heavy atom. The molecule has 0 saturated carbocycles. The third kappa shape index (κ3) is 6.32. The van der Waals surface area contributed by atoms with Gasteiger partial charge < -0.3 is 11.5 Å². The summed E-state index contributed by atoms with van der Waals surface area (Å²) in [6, 6.07) is 19.2. The summed E-state index contributed by atoms with van der Waals surface area (Å²) in [6.45, 7) is 0. The van der Waals surface area contributed by atoms with Gasteiger partial charge in [-0.2, -0.15) is 13.2 Å². The molecule has 5 N–H and O–H groups in total. The van der Waals surface area contributed by atoms with Crippen LogP contribution in [0.1, 0.15) is 11.1 Å². The summed E-state index contributed by atoms with van der Waals surface area (Å²) in [7, 11) is 0. The first-order chi connectivity index (χ1) is 15.1. The molecule has 1 atom stereocenters. The fourth-order valence-corrected chi connectivity index (χ4v) is 3.23. The van der Waals surface area contributed by atoms with Crippen LogP contribution in [0, 0.1) is 0 Å². The van der Waals surface area contributed by atoms with Crippen molar-refractivity contribution in [3.05, 3.63) is 88.9 Å². The van der Waals surface area contributed by atoms with Crippen molar-refractivity contribution in [1.29, 1.82) is 0 Å². The highest BCUT2D eigenvalue weighted by molar-refractivity contribution is 6.30. The minimum Gasteiger partial charge on any atom is -0.369 e. The lowest BCUT2D eigenvalue weighted by Crippen LogP contribution is -2.47. The maximum Gasteiger partial charge on any atom is 0.416 e. The molecular weight excluding hydrogens is 441 g/mol. The molecule has 0 bridgehead atoms. The predicted molar refractivity (Wildman–Crippen MR) is 119 cm³/mol. The molecule has 0 radical (unpaired) electrons. The summed E-state index contributed by atoms with van der Waals surface area (Å²) < 4.78 is 38.7. The van der Waals surface area contributed by atoms with Gasteiger partial charge in [-0.15, -0.1) is 0 Å². The molecule has 0 aliphatic rings. The van der Waals surface area contributed by atoms with Crippen molar-refractivity contribution in [3.63, 3.8) is 0 Å². The Bertz CT molecular complexity index is 1120. The van der Waals surface area contributed by atoms with Gasteiger partial charge in [-0.1, -0.05) is 66.2 Å². The molecule has 9 heteroatoms. The fraction of sp³-hybridized carbons (Fsp3) is 0.130. The van der Waals surface area contributed by atoms with Gasteiger partial charge in [-0.25, -0.2) is 4.99 Å². The molecule has 0 aliphatic carbocycles. The first kappa shape index (κ1) is 23.3. The first-order valence-corrected chi connectivity index (χ1v) is 9.92. The minimum absolute atomic E-state index is 0.146. The molecule has 166 valence electrons. The average molecular weight is 461 g/mol. The number of halogens is 4. The van der Waals surface area contributed by atoms with Gasteiger partial charge in [0.05, 0.1) is 17.3 Å². The molecule has 0 saturated heterocycles. The SMILES string of the molecule is NC(=Nc1cc(Cl)cc(C(F)(F)F)c1)NC(=O)C(N)Cc1ccc(-c2ccccc2)cc1. The summed E-state index contributed by atoms with van der Waals surface area (Å²) in [5, 5.41) is 2.14. The van der Waals surface area contributed by atoms with E-state index in [0.717, 1.165) is 28.8 Å². The second-order valence-electron chi connectivity index (χ2n) is 7.06. The summed E-state index contributed by atoms with van der Waals surface area (Å²) in [6.07, 6.45) is -4.35. The molecule has 5 nitrogen and oxygen atoms in total. The number of carbonyl (C=O) groups excluding carboxylic acids is 1. The van der Waals surface area contributed by atoms with E-state index in [-0.39, 0.29) is 23.1 Å². The largest absolute Gasteiger partial charge is 0.416 e. The number of aliphatic imine (C=N–C) groups is 1. The van der Waals surface area contributed by atoms with E-state index in [1.165, 1.54) is 6.07 Å². The van der Waals surface area contributed by atoms with E-state index in [4.69, 9.17) is 23.1 Å². The molecular formula is C23H20ClF3N4O. The Balaban J connectivity index is 1.63. The van der Waals surface area contributed by atoms with E-state index in [1.807, 2.05) is 54.6 Å². The number of rotatable bonds is 5. The maximum absolute atomic E-state index is 12.9. The Kier molecular flexibility index (Phi) is 7.17. The minimum atomic E-state index is -4.59. The summed E-state index contributed by atoms with van der Waals surface area (Å²) in [4.78, 5) is 16.1. The van der Waals surface area contributed by atoms with Crippen molar-refractivity contribution in [3.8, 4) is 11.1 Å². The number of alkyl halides is 3. The zero-order valence-electron chi connectivity index (χ0n) is 16.7. The maximum atomic E-state index is 12.9. The van der Waals surface area contributed by atoms with Crippen LogP contribution in [0.4, 0.5) is 18.9 Å². The summed E-state index contributed by atoms with van der Waals surface area (Å²) >= 11 is 5.72. The number of guanidine groups is 1. The first-order valence-electron chi connectivity index (χ1n) is 9.54. The number of hydrogen-bond donors (Lipinski definition) is 3. The quantitative estimate of drug-likeness (QED) is 0.382. The van der Waals surface area contributed by atoms with E-state index in [0.29, 0.717) is 0 Å². The van der Waals surface area contributed by atoms with E-state index >= 15 is 0 Å². The molecule has 3 aromatic carbocycles. The van der Waals surface area contributed by atoms with Crippen molar-refractivity contribution in [1.82, 2.24) is 5.32 Å². The van der Waals surface area contributed by atoms with E-state index in [9.17, 15) is 18.0 Å². The topological polar surface area (TPSA) is 93.5 Å². The van der Waals surface area contributed by atoms with Gasteiger partial charge in [0.15, 0.2) is 0 Å². The smallest absolute Gasteiger partial charge is 0.369 e. The van der Waals surface area contributed by atoms with Gasteiger partial charge in [0.25, 0.3) is 0 Å².